The second-order valence-electron chi connectivity index (χ2n) is 6.54. The molecule has 0 spiro atoms. The number of ether oxygens (including phenoxy) is 1. The van der Waals surface area contributed by atoms with Crippen molar-refractivity contribution in [1.29, 1.82) is 0 Å². The molecule has 2 aliphatic rings. The van der Waals surface area contributed by atoms with Gasteiger partial charge in [0.25, 0.3) is 0 Å². The van der Waals surface area contributed by atoms with Gasteiger partial charge in [0.15, 0.2) is 0 Å². The number of aliphatic carboxylic acids is 1. The van der Waals surface area contributed by atoms with Crippen LogP contribution >= 0.6 is 0 Å². The van der Waals surface area contributed by atoms with Crippen LogP contribution in [0.1, 0.15) is 58.3 Å². The maximum absolute atomic E-state index is 10.7. The van der Waals surface area contributed by atoms with Gasteiger partial charge in [0.2, 0.25) is 0 Å². The number of hydrogen-bond acceptors (Lipinski definition) is 3. The number of carboxylic acids is 1. The molecule has 0 aromatic carbocycles. The van der Waals surface area contributed by atoms with Crippen molar-refractivity contribution in [1.82, 2.24) is 4.90 Å². The first-order chi connectivity index (χ1) is 9.65. The average molecular weight is 283 g/mol. The molecule has 0 radical (unpaired) electrons. The summed E-state index contributed by atoms with van der Waals surface area (Å²) >= 11 is 0. The summed E-state index contributed by atoms with van der Waals surface area (Å²) in [5.74, 6) is 0.175. The Morgan fingerprint density at radius 2 is 2.00 bits per heavy atom. The predicted octanol–water partition coefficient (Wildman–Crippen LogP) is 2.91. The SMILES string of the molecule is CC1CCC(N(CCCC(=O)O)CC2CCCO2)CC1. The second-order valence-corrected chi connectivity index (χ2v) is 6.54. The van der Waals surface area contributed by atoms with Gasteiger partial charge in [-0.3, -0.25) is 9.69 Å². The summed E-state index contributed by atoms with van der Waals surface area (Å²) in [5, 5.41) is 8.81. The van der Waals surface area contributed by atoms with Crippen molar-refractivity contribution in [3.05, 3.63) is 0 Å². The van der Waals surface area contributed by atoms with Crippen LogP contribution in [0.2, 0.25) is 0 Å². The van der Waals surface area contributed by atoms with Crippen LogP contribution in [0, 0.1) is 5.92 Å². The molecule has 1 unspecified atom stereocenters. The Balaban J connectivity index is 1.82. The van der Waals surface area contributed by atoms with E-state index in [1.165, 1.54) is 38.5 Å². The summed E-state index contributed by atoms with van der Waals surface area (Å²) in [7, 11) is 0. The van der Waals surface area contributed by atoms with Crippen molar-refractivity contribution in [2.75, 3.05) is 19.7 Å². The number of carbonyl (C=O) groups is 1. The highest BCUT2D eigenvalue weighted by atomic mass is 16.5. The third-order valence-electron chi connectivity index (χ3n) is 4.80. The zero-order chi connectivity index (χ0) is 14.4. The van der Waals surface area contributed by atoms with E-state index in [1.54, 1.807) is 0 Å². The van der Waals surface area contributed by atoms with Gasteiger partial charge >= 0.3 is 5.97 Å². The van der Waals surface area contributed by atoms with E-state index in [0.29, 0.717) is 12.1 Å². The van der Waals surface area contributed by atoms with Gasteiger partial charge in [-0.2, -0.15) is 0 Å². The first kappa shape index (κ1) is 15.8. The molecule has 0 aromatic heterocycles. The second kappa shape index (κ2) is 7.99. The van der Waals surface area contributed by atoms with Gasteiger partial charge in [-0.15, -0.1) is 0 Å². The molecule has 116 valence electrons. The lowest BCUT2D eigenvalue weighted by molar-refractivity contribution is -0.137. The van der Waals surface area contributed by atoms with E-state index >= 15 is 0 Å². The van der Waals surface area contributed by atoms with Gasteiger partial charge in [0.1, 0.15) is 0 Å². The number of hydrogen-bond donors (Lipinski definition) is 1. The van der Waals surface area contributed by atoms with Crippen molar-refractivity contribution in [3.8, 4) is 0 Å². The van der Waals surface area contributed by atoms with Gasteiger partial charge in [-0.25, -0.2) is 0 Å². The smallest absolute Gasteiger partial charge is 0.303 e. The van der Waals surface area contributed by atoms with Crippen LogP contribution in [-0.4, -0.2) is 47.8 Å². The van der Waals surface area contributed by atoms with Gasteiger partial charge in [-0.1, -0.05) is 6.92 Å². The van der Waals surface area contributed by atoms with Crippen LogP contribution in [0.5, 0.6) is 0 Å². The molecule has 1 saturated carbocycles. The lowest BCUT2D eigenvalue weighted by Gasteiger charge is -2.37. The summed E-state index contributed by atoms with van der Waals surface area (Å²) in [5.41, 5.74) is 0. The predicted molar refractivity (Wildman–Crippen MR) is 78.8 cm³/mol. The number of carboxylic acid groups (broad SMARTS) is 1. The zero-order valence-corrected chi connectivity index (χ0v) is 12.7. The molecule has 1 atom stereocenters. The standard InChI is InChI=1S/C16H29NO3/c1-13-6-8-14(9-7-13)17(10-2-5-16(18)19)12-15-4-3-11-20-15/h13-15H,2-12H2,1H3,(H,18,19). The van der Waals surface area contributed by atoms with Crippen LogP contribution in [0.4, 0.5) is 0 Å². The van der Waals surface area contributed by atoms with Gasteiger partial charge < -0.3 is 9.84 Å². The number of rotatable bonds is 7. The Hall–Kier alpha value is -0.610. The summed E-state index contributed by atoms with van der Waals surface area (Å²) in [6.45, 7) is 5.14. The monoisotopic (exact) mass is 283 g/mol. The van der Waals surface area contributed by atoms with Crippen LogP contribution in [0.25, 0.3) is 0 Å². The summed E-state index contributed by atoms with van der Waals surface area (Å²) in [6.07, 6.45) is 8.91. The minimum Gasteiger partial charge on any atom is -0.481 e. The van der Waals surface area contributed by atoms with E-state index in [4.69, 9.17) is 9.84 Å². The van der Waals surface area contributed by atoms with E-state index in [-0.39, 0.29) is 6.42 Å². The highest BCUT2D eigenvalue weighted by Crippen LogP contribution is 2.28. The molecule has 1 aliphatic heterocycles. The molecule has 0 amide bonds. The van der Waals surface area contributed by atoms with E-state index in [0.717, 1.165) is 32.0 Å². The average Bonchev–Trinajstić information content (AvgIpc) is 2.91. The van der Waals surface area contributed by atoms with Crippen molar-refractivity contribution in [2.45, 2.75) is 70.4 Å². The number of nitrogens with zero attached hydrogens (tertiary/aromatic N) is 1. The molecule has 0 bridgehead atoms. The Labute approximate surface area is 122 Å². The summed E-state index contributed by atoms with van der Waals surface area (Å²) in [6, 6.07) is 0.643. The molecule has 1 saturated heterocycles. The lowest BCUT2D eigenvalue weighted by atomic mass is 9.86. The van der Waals surface area contributed by atoms with E-state index < -0.39 is 5.97 Å². The van der Waals surface area contributed by atoms with Crippen LogP contribution in [0.3, 0.4) is 0 Å². The molecule has 2 fully saturated rings. The maximum Gasteiger partial charge on any atom is 0.303 e. The molecule has 1 N–H and O–H groups in total. The Bertz CT molecular complexity index is 294. The fourth-order valence-electron chi connectivity index (χ4n) is 3.51. The Kier molecular flexibility index (Phi) is 6.30. The third kappa shape index (κ3) is 5.06. The Morgan fingerprint density at radius 1 is 1.25 bits per heavy atom. The molecule has 1 aliphatic carbocycles. The van der Waals surface area contributed by atoms with Crippen molar-refractivity contribution in [3.63, 3.8) is 0 Å². The first-order valence-electron chi connectivity index (χ1n) is 8.22. The van der Waals surface area contributed by atoms with Gasteiger partial charge in [0, 0.05) is 25.6 Å². The van der Waals surface area contributed by atoms with E-state index in [9.17, 15) is 4.79 Å². The van der Waals surface area contributed by atoms with Crippen LogP contribution < -0.4 is 0 Å². The van der Waals surface area contributed by atoms with Crippen molar-refractivity contribution in [2.24, 2.45) is 5.92 Å². The highest BCUT2D eigenvalue weighted by Gasteiger charge is 2.27. The first-order valence-corrected chi connectivity index (χ1v) is 8.22. The summed E-state index contributed by atoms with van der Waals surface area (Å²) < 4.78 is 5.76. The maximum atomic E-state index is 10.7. The van der Waals surface area contributed by atoms with E-state index in [1.807, 2.05) is 0 Å². The third-order valence-corrected chi connectivity index (χ3v) is 4.80. The quantitative estimate of drug-likeness (QED) is 0.780. The molecule has 4 nitrogen and oxygen atoms in total. The minimum atomic E-state index is -0.681. The van der Waals surface area contributed by atoms with Crippen LogP contribution in [0.15, 0.2) is 0 Å². The fraction of sp³-hybridized carbons (Fsp3) is 0.938. The lowest BCUT2D eigenvalue weighted by Crippen LogP contribution is -2.42. The molecule has 20 heavy (non-hydrogen) atoms. The molecule has 0 aromatic rings. The topological polar surface area (TPSA) is 49.8 Å². The molecule has 1 heterocycles. The van der Waals surface area contributed by atoms with E-state index in [2.05, 4.69) is 11.8 Å². The highest BCUT2D eigenvalue weighted by molar-refractivity contribution is 5.66. The molecular formula is C16H29NO3. The van der Waals surface area contributed by atoms with Crippen LogP contribution in [-0.2, 0) is 9.53 Å². The zero-order valence-electron chi connectivity index (χ0n) is 12.7. The molecule has 4 heteroatoms. The minimum absolute atomic E-state index is 0.283. The van der Waals surface area contributed by atoms with Crippen molar-refractivity contribution >= 4 is 5.97 Å². The molecule has 2 rings (SSSR count). The summed E-state index contributed by atoms with van der Waals surface area (Å²) in [4.78, 5) is 13.2. The molecular weight excluding hydrogens is 254 g/mol. The van der Waals surface area contributed by atoms with Crippen molar-refractivity contribution < 1.29 is 14.6 Å². The fourth-order valence-corrected chi connectivity index (χ4v) is 3.51. The van der Waals surface area contributed by atoms with Gasteiger partial charge in [0.05, 0.1) is 6.10 Å². The Morgan fingerprint density at radius 3 is 2.60 bits per heavy atom. The van der Waals surface area contributed by atoms with Gasteiger partial charge in [-0.05, 0) is 57.4 Å². The normalized spacial score (nSPS) is 30.8. The largest absolute Gasteiger partial charge is 0.481 e.